The summed E-state index contributed by atoms with van der Waals surface area (Å²) in [5, 5.41) is 3.44. The lowest BCUT2D eigenvalue weighted by molar-refractivity contribution is 0.137. The van der Waals surface area contributed by atoms with E-state index in [-0.39, 0.29) is 6.10 Å². The Morgan fingerprint density at radius 1 is 1.29 bits per heavy atom. The van der Waals surface area contributed by atoms with Gasteiger partial charge < -0.3 is 14.8 Å². The molecule has 1 N–H and O–H groups in total. The van der Waals surface area contributed by atoms with Crippen LogP contribution in [0.25, 0.3) is 0 Å². The van der Waals surface area contributed by atoms with Crippen LogP contribution in [0, 0.1) is 5.92 Å². The molecule has 1 saturated carbocycles. The maximum atomic E-state index is 5.89. The molecule has 0 radical (unpaired) electrons. The molecule has 1 aromatic heterocycles. The van der Waals surface area contributed by atoms with Crippen molar-refractivity contribution < 1.29 is 9.47 Å². The van der Waals surface area contributed by atoms with E-state index in [2.05, 4.69) is 38.1 Å². The molecule has 5 nitrogen and oxygen atoms in total. The Labute approximate surface area is 134 Å². The van der Waals surface area contributed by atoms with Crippen molar-refractivity contribution in [2.45, 2.75) is 51.2 Å². The van der Waals surface area contributed by atoms with E-state index in [4.69, 9.17) is 9.47 Å². The molecule has 1 atom stereocenters. The largest absolute Gasteiger partial charge is 0.471 e. The molecule has 2 aliphatic rings. The van der Waals surface area contributed by atoms with Gasteiger partial charge in [-0.2, -0.15) is 4.98 Å². The SMILES string of the molecule is C[C@H]1CC[C@@H](Nc2ncc(Br)c(O[C@@H]3CCOC3)n2)CC1. The first kappa shape index (κ1) is 15.0. The zero-order valence-corrected chi connectivity index (χ0v) is 13.9. The zero-order valence-electron chi connectivity index (χ0n) is 12.3. The molecular weight excluding hydrogens is 334 g/mol. The van der Waals surface area contributed by atoms with Crippen molar-refractivity contribution in [3.05, 3.63) is 10.7 Å². The maximum Gasteiger partial charge on any atom is 0.233 e. The predicted molar refractivity (Wildman–Crippen MR) is 84.6 cm³/mol. The molecule has 0 unspecified atom stereocenters. The van der Waals surface area contributed by atoms with Crippen molar-refractivity contribution in [1.29, 1.82) is 0 Å². The summed E-state index contributed by atoms with van der Waals surface area (Å²) in [5.74, 6) is 2.11. The number of ether oxygens (including phenoxy) is 2. The fourth-order valence-corrected chi connectivity index (χ4v) is 3.14. The van der Waals surface area contributed by atoms with E-state index in [9.17, 15) is 0 Å². The summed E-state index contributed by atoms with van der Waals surface area (Å²) in [7, 11) is 0. The molecule has 1 aliphatic heterocycles. The number of halogens is 1. The average molecular weight is 356 g/mol. The van der Waals surface area contributed by atoms with Crippen molar-refractivity contribution in [3.8, 4) is 5.88 Å². The second-order valence-electron chi connectivity index (χ2n) is 6.05. The Balaban J connectivity index is 1.62. The van der Waals surface area contributed by atoms with E-state index in [1.54, 1.807) is 6.20 Å². The van der Waals surface area contributed by atoms with Gasteiger partial charge in [0.2, 0.25) is 11.8 Å². The smallest absolute Gasteiger partial charge is 0.233 e. The van der Waals surface area contributed by atoms with E-state index in [0.717, 1.165) is 23.4 Å². The van der Waals surface area contributed by atoms with Gasteiger partial charge in [-0.3, -0.25) is 0 Å². The van der Waals surface area contributed by atoms with Gasteiger partial charge in [0.25, 0.3) is 0 Å². The van der Waals surface area contributed by atoms with Gasteiger partial charge in [-0.25, -0.2) is 4.98 Å². The lowest BCUT2D eigenvalue weighted by atomic mass is 9.87. The fourth-order valence-electron chi connectivity index (χ4n) is 2.85. The lowest BCUT2D eigenvalue weighted by Gasteiger charge is -2.27. The molecule has 0 spiro atoms. The molecule has 3 rings (SSSR count). The van der Waals surface area contributed by atoms with Crippen molar-refractivity contribution >= 4 is 21.9 Å². The molecule has 2 fully saturated rings. The van der Waals surface area contributed by atoms with Crippen molar-refractivity contribution in [2.75, 3.05) is 18.5 Å². The summed E-state index contributed by atoms with van der Waals surface area (Å²) >= 11 is 3.45. The molecule has 21 heavy (non-hydrogen) atoms. The van der Waals surface area contributed by atoms with Gasteiger partial charge in [-0.15, -0.1) is 0 Å². The van der Waals surface area contributed by atoms with E-state index in [0.29, 0.717) is 24.5 Å². The number of aromatic nitrogens is 2. The second-order valence-corrected chi connectivity index (χ2v) is 6.91. The number of nitrogens with zero attached hydrogens (tertiary/aromatic N) is 2. The molecule has 0 bridgehead atoms. The summed E-state index contributed by atoms with van der Waals surface area (Å²) in [6.45, 7) is 3.72. The highest BCUT2D eigenvalue weighted by Gasteiger charge is 2.21. The minimum absolute atomic E-state index is 0.0968. The van der Waals surface area contributed by atoms with E-state index in [1.807, 2.05) is 0 Å². The predicted octanol–water partition coefficient (Wildman–Crippen LogP) is 3.40. The van der Waals surface area contributed by atoms with E-state index < -0.39 is 0 Å². The summed E-state index contributed by atoms with van der Waals surface area (Å²) in [6.07, 6.45) is 7.69. The average Bonchev–Trinajstić information content (AvgIpc) is 2.98. The summed E-state index contributed by atoms with van der Waals surface area (Å²) in [6, 6.07) is 0.477. The van der Waals surface area contributed by atoms with Crippen LogP contribution in [-0.4, -0.2) is 35.3 Å². The van der Waals surface area contributed by atoms with Crippen LogP contribution in [0.3, 0.4) is 0 Å². The summed E-state index contributed by atoms with van der Waals surface area (Å²) in [4.78, 5) is 8.85. The Morgan fingerprint density at radius 2 is 2.10 bits per heavy atom. The Morgan fingerprint density at radius 3 is 2.81 bits per heavy atom. The van der Waals surface area contributed by atoms with Crippen LogP contribution in [0.15, 0.2) is 10.7 Å². The molecule has 6 heteroatoms. The number of rotatable bonds is 4. The first-order chi connectivity index (χ1) is 10.2. The monoisotopic (exact) mass is 355 g/mol. The number of nitrogens with one attached hydrogen (secondary N) is 1. The topological polar surface area (TPSA) is 56.3 Å². The van der Waals surface area contributed by atoms with Crippen molar-refractivity contribution in [2.24, 2.45) is 5.92 Å². The molecule has 116 valence electrons. The normalized spacial score (nSPS) is 29.3. The Hall–Kier alpha value is -0.880. The molecule has 1 aliphatic carbocycles. The highest BCUT2D eigenvalue weighted by molar-refractivity contribution is 9.10. The first-order valence-corrected chi connectivity index (χ1v) is 8.53. The van der Waals surface area contributed by atoms with Gasteiger partial charge in [0.1, 0.15) is 6.10 Å². The van der Waals surface area contributed by atoms with Gasteiger partial charge in [0, 0.05) is 12.5 Å². The number of anilines is 1. The van der Waals surface area contributed by atoms with Gasteiger partial charge >= 0.3 is 0 Å². The highest BCUT2D eigenvalue weighted by Crippen LogP contribution is 2.28. The van der Waals surface area contributed by atoms with Gasteiger partial charge in [0.15, 0.2) is 0 Å². The van der Waals surface area contributed by atoms with Crippen LogP contribution in [-0.2, 0) is 4.74 Å². The number of hydrogen-bond donors (Lipinski definition) is 1. The minimum atomic E-state index is 0.0968. The zero-order chi connectivity index (χ0) is 14.7. The number of hydrogen-bond acceptors (Lipinski definition) is 5. The standard InChI is InChI=1S/C15H22BrN3O2/c1-10-2-4-11(5-3-10)18-15-17-8-13(16)14(19-15)21-12-6-7-20-9-12/h8,10-12H,2-7,9H2,1H3,(H,17,18,19)/t10-,11+,12-/m1/s1. The summed E-state index contributed by atoms with van der Waals surface area (Å²) in [5.41, 5.74) is 0. The summed E-state index contributed by atoms with van der Waals surface area (Å²) < 4.78 is 12.0. The molecule has 0 aromatic carbocycles. The maximum absolute atomic E-state index is 5.89. The van der Waals surface area contributed by atoms with Crippen LogP contribution >= 0.6 is 15.9 Å². The molecule has 1 saturated heterocycles. The third-order valence-electron chi connectivity index (χ3n) is 4.23. The third kappa shape index (κ3) is 4.07. The van der Waals surface area contributed by atoms with Gasteiger partial charge in [-0.05, 0) is 47.5 Å². The fraction of sp³-hybridized carbons (Fsp3) is 0.733. The molecule has 1 aromatic rings. The lowest BCUT2D eigenvalue weighted by Crippen LogP contribution is -2.26. The second kappa shape index (κ2) is 6.92. The third-order valence-corrected chi connectivity index (χ3v) is 4.77. The Kier molecular flexibility index (Phi) is 4.95. The molecule has 0 amide bonds. The van der Waals surface area contributed by atoms with Crippen LogP contribution in [0.2, 0.25) is 0 Å². The van der Waals surface area contributed by atoms with Crippen molar-refractivity contribution in [1.82, 2.24) is 9.97 Å². The van der Waals surface area contributed by atoms with E-state index >= 15 is 0 Å². The highest BCUT2D eigenvalue weighted by atomic mass is 79.9. The van der Waals surface area contributed by atoms with Crippen LogP contribution < -0.4 is 10.1 Å². The minimum Gasteiger partial charge on any atom is -0.471 e. The van der Waals surface area contributed by atoms with Crippen molar-refractivity contribution in [3.63, 3.8) is 0 Å². The quantitative estimate of drug-likeness (QED) is 0.896. The molecule has 2 heterocycles. The van der Waals surface area contributed by atoms with Gasteiger partial charge in [-0.1, -0.05) is 6.92 Å². The van der Waals surface area contributed by atoms with Crippen LogP contribution in [0.1, 0.15) is 39.0 Å². The first-order valence-electron chi connectivity index (χ1n) is 7.74. The van der Waals surface area contributed by atoms with Crippen LogP contribution in [0.5, 0.6) is 5.88 Å². The van der Waals surface area contributed by atoms with E-state index in [1.165, 1.54) is 25.7 Å². The Bertz CT molecular complexity index is 472. The molecular formula is C15H22BrN3O2. The van der Waals surface area contributed by atoms with Gasteiger partial charge in [0.05, 0.1) is 23.9 Å². The van der Waals surface area contributed by atoms with Crippen LogP contribution in [0.4, 0.5) is 5.95 Å².